The summed E-state index contributed by atoms with van der Waals surface area (Å²) in [5, 5.41) is 7.06. The third kappa shape index (κ3) is 4.53. The van der Waals surface area contributed by atoms with Gasteiger partial charge in [-0.1, -0.05) is 49.3 Å². The van der Waals surface area contributed by atoms with Crippen LogP contribution >= 0.6 is 0 Å². The first-order chi connectivity index (χ1) is 12.6. The number of aromatic nitrogens is 3. The van der Waals surface area contributed by atoms with Crippen LogP contribution in [-0.4, -0.2) is 21.0 Å². The molecule has 3 rings (SSSR count). The number of nitrogens with one attached hydrogen (secondary N) is 1. The van der Waals surface area contributed by atoms with Gasteiger partial charge in [-0.25, -0.2) is 0 Å². The van der Waals surface area contributed by atoms with Crippen LogP contribution in [0.4, 0.5) is 0 Å². The monoisotopic (exact) mass is 350 g/mol. The highest BCUT2D eigenvalue weighted by molar-refractivity contribution is 5.76. The largest absolute Gasteiger partial charge is 0.349 e. The van der Waals surface area contributed by atoms with Gasteiger partial charge in [0.15, 0.2) is 0 Å². The van der Waals surface area contributed by atoms with Crippen molar-refractivity contribution in [2.45, 2.75) is 32.7 Å². The molecule has 3 aromatic rings. The van der Waals surface area contributed by atoms with Crippen molar-refractivity contribution in [1.29, 1.82) is 0 Å². The van der Waals surface area contributed by atoms with Gasteiger partial charge in [0.2, 0.25) is 17.6 Å². The number of pyridine rings is 1. The van der Waals surface area contributed by atoms with Gasteiger partial charge < -0.3 is 9.84 Å². The van der Waals surface area contributed by atoms with Crippen LogP contribution in [-0.2, 0) is 11.2 Å². The lowest BCUT2D eigenvalue weighted by Crippen LogP contribution is -2.31. The van der Waals surface area contributed by atoms with E-state index in [1.165, 1.54) is 0 Å². The van der Waals surface area contributed by atoms with E-state index in [0.29, 0.717) is 30.5 Å². The van der Waals surface area contributed by atoms with Crippen LogP contribution in [0, 0.1) is 5.92 Å². The number of rotatable bonds is 7. The normalized spacial score (nSPS) is 12.1. The number of hydrogen-bond donors (Lipinski definition) is 1. The molecule has 1 aromatic carbocycles. The van der Waals surface area contributed by atoms with E-state index in [1.54, 1.807) is 12.4 Å². The average Bonchev–Trinajstić information content (AvgIpc) is 3.15. The summed E-state index contributed by atoms with van der Waals surface area (Å²) in [4.78, 5) is 20.7. The zero-order chi connectivity index (χ0) is 18.4. The van der Waals surface area contributed by atoms with Crippen molar-refractivity contribution in [3.63, 3.8) is 0 Å². The van der Waals surface area contributed by atoms with Crippen molar-refractivity contribution in [2.75, 3.05) is 0 Å². The molecular weight excluding hydrogens is 328 g/mol. The fraction of sp³-hybridized carbons (Fsp3) is 0.300. The highest BCUT2D eigenvalue weighted by Crippen LogP contribution is 2.21. The molecule has 1 N–H and O–H groups in total. The fourth-order valence-electron chi connectivity index (χ4n) is 2.74. The number of carbonyl (C=O) groups excluding carboxylic acids is 1. The van der Waals surface area contributed by atoms with Crippen molar-refractivity contribution in [3.8, 4) is 11.4 Å². The predicted octanol–water partition coefficient (Wildman–Crippen LogP) is 3.58. The molecule has 0 radical (unpaired) electrons. The van der Waals surface area contributed by atoms with Crippen LogP contribution in [0.2, 0.25) is 0 Å². The molecule has 2 heterocycles. The summed E-state index contributed by atoms with van der Waals surface area (Å²) in [5.41, 5.74) is 1.94. The van der Waals surface area contributed by atoms with Crippen molar-refractivity contribution in [1.82, 2.24) is 20.4 Å². The Morgan fingerprint density at radius 2 is 1.85 bits per heavy atom. The third-order valence-electron chi connectivity index (χ3n) is 4.11. The maximum atomic E-state index is 12.4. The quantitative estimate of drug-likeness (QED) is 0.704. The molecule has 6 heteroatoms. The first-order valence-corrected chi connectivity index (χ1v) is 8.71. The van der Waals surface area contributed by atoms with Gasteiger partial charge in [-0.3, -0.25) is 9.78 Å². The fourth-order valence-corrected chi connectivity index (χ4v) is 2.74. The second kappa shape index (κ2) is 8.38. The Morgan fingerprint density at radius 1 is 1.12 bits per heavy atom. The molecule has 2 aromatic heterocycles. The van der Waals surface area contributed by atoms with E-state index in [1.807, 2.05) is 42.5 Å². The van der Waals surface area contributed by atoms with Gasteiger partial charge in [0.25, 0.3) is 0 Å². The first kappa shape index (κ1) is 17.8. The Hall–Kier alpha value is -3.02. The van der Waals surface area contributed by atoms with Crippen LogP contribution in [0.5, 0.6) is 0 Å². The molecule has 0 fully saturated rings. The molecule has 134 valence electrons. The van der Waals surface area contributed by atoms with Crippen LogP contribution in [0.1, 0.15) is 37.8 Å². The molecule has 0 aliphatic carbocycles. The van der Waals surface area contributed by atoms with E-state index < -0.39 is 0 Å². The number of carbonyl (C=O) groups is 1. The smallest absolute Gasteiger partial charge is 0.227 e. The molecule has 6 nitrogen and oxygen atoms in total. The van der Waals surface area contributed by atoms with Crippen molar-refractivity contribution >= 4 is 5.91 Å². The van der Waals surface area contributed by atoms with E-state index in [0.717, 1.165) is 11.1 Å². The van der Waals surface area contributed by atoms with E-state index >= 15 is 0 Å². The Bertz CT molecular complexity index is 831. The lowest BCUT2D eigenvalue weighted by Gasteiger charge is -2.22. The predicted molar refractivity (Wildman–Crippen MR) is 98.0 cm³/mol. The third-order valence-corrected chi connectivity index (χ3v) is 4.11. The molecule has 26 heavy (non-hydrogen) atoms. The zero-order valence-corrected chi connectivity index (χ0v) is 14.9. The van der Waals surface area contributed by atoms with Gasteiger partial charge in [0, 0.05) is 30.8 Å². The van der Waals surface area contributed by atoms with Gasteiger partial charge >= 0.3 is 0 Å². The second-order valence-corrected chi connectivity index (χ2v) is 6.45. The number of hydrogen-bond acceptors (Lipinski definition) is 5. The number of benzene rings is 1. The van der Waals surface area contributed by atoms with Crippen molar-refractivity contribution in [2.24, 2.45) is 5.92 Å². The average molecular weight is 350 g/mol. The summed E-state index contributed by atoms with van der Waals surface area (Å²) in [7, 11) is 0. The summed E-state index contributed by atoms with van der Waals surface area (Å²) in [6.07, 6.45) is 4.06. The van der Waals surface area contributed by atoms with Gasteiger partial charge in [0.05, 0.1) is 6.04 Å². The summed E-state index contributed by atoms with van der Waals surface area (Å²) < 4.78 is 5.25. The highest BCUT2D eigenvalue weighted by atomic mass is 16.5. The lowest BCUT2D eigenvalue weighted by molar-refractivity contribution is -0.122. The molecule has 0 aliphatic heterocycles. The highest BCUT2D eigenvalue weighted by Gasteiger charge is 2.18. The molecule has 1 atom stereocenters. The van der Waals surface area contributed by atoms with Gasteiger partial charge in [-0.05, 0) is 23.6 Å². The lowest BCUT2D eigenvalue weighted by atomic mass is 9.96. The molecule has 0 bridgehead atoms. The van der Waals surface area contributed by atoms with E-state index in [9.17, 15) is 4.79 Å². The molecule has 1 unspecified atom stereocenters. The topological polar surface area (TPSA) is 80.9 Å². The molecule has 0 aliphatic rings. The minimum Gasteiger partial charge on any atom is -0.349 e. The Balaban J connectivity index is 1.58. The zero-order valence-electron chi connectivity index (χ0n) is 14.9. The molecule has 0 spiro atoms. The van der Waals surface area contributed by atoms with E-state index in [-0.39, 0.29) is 11.9 Å². The molecule has 0 saturated heterocycles. The van der Waals surface area contributed by atoms with Gasteiger partial charge in [-0.2, -0.15) is 4.98 Å². The van der Waals surface area contributed by atoms with Gasteiger partial charge in [-0.15, -0.1) is 0 Å². The van der Waals surface area contributed by atoms with E-state index in [2.05, 4.69) is 34.3 Å². The molecule has 1 amide bonds. The van der Waals surface area contributed by atoms with E-state index in [4.69, 9.17) is 4.52 Å². The Labute approximate surface area is 152 Å². The van der Waals surface area contributed by atoms with Crippen LogP contribution in [0.3, 0.4) is 0 Å². The van der Waals surface area contributed by atoms with Crippen LogP contribution < -0.4 is 5.32 Å². The summed E-state index contributed by atoms with van der Waals surface area (Å²) in [6.45, 7) is 4.19. The maximum absolute atomic E-state index is 12.4. The van der Waals surface area contributed by atoms with Crippen molar-refractivity contribution < 1.29 is 9.32 Å². The number of aryl methyl sites for hydroxylation is 1. The van der Waals surface area contributed by atoms with Crippen molar-refractivity contribution in [3.05, 3.63) is 66.3 Å². The van der Waals surface area contributed by atoms with Gasteiger partial charge in [0.1, 0.15) is 0 Å². The minimum atomic E-state index is -0.0313. The Morgan fingerprint density at radius 3 is 2.54 bits per heavy atom. The number of amides is 1. The Kier molecular flexibility index (Phi) is 5.73. The standard InChI is InChI=1S/C20H22N4O2/c1-14(2)19(15-6-4-3-5-7-15)22-17(25)8-9-18-23-20(24-26-18)16-10-12-21-13-11-16/h3-7,10-14,19H,8-9H2,1-2H3,(H,22,25). The minimum absolute atomic E-state index is 0.0150. The van der Waals surface area contributed by atoms with Crippen LogP contribution in [0.15, 0.2) is 59.4 Å². The summed E-state index contributed by atoms with van der Waals surface area (Å²) >= 11 is 0. The summed E-state index contributed by atoms with van der Waals surface area (Å²) in [6, 6.07) is 13.6. The van der Waals surface area contributed by atoms with Crippen LogP contribution in [0.25, 0.3) is 11.4 Å². The second-order valence-electron chi connectivity index (χ2n) is 6.45. The molecular formula is C20H22N4O2. The number of nitrogens with zero attached hydrogens (tertiary/aromatic N) is 3. The SMILES string of the molecule is CC(C)C(NC(=O)CCc1nc(-c2ccncc2)no1)c1ccccc1. The maximum Gasteiger partial charge on any atom is 0.227 e. The first-order valence-electron chi connectivity index (χ1n) is 8.71. The molecule has 0 saturated carbocycles. The summed E-state index contributed by atoms with van der Waals surface area (Å²) in [5.74, 6) is 1.22.